The van der Waals surface area contributed by atoms with Gasteiger partial charge in [0.2, 0.25) is 5.91 Å². The van der Waals surface area contributed by atoms with Crippen LogP contribution in [0.4, 0.5) is 10.5 Å². The number of amides is 3. The Kier molecular flexibility index (Phi) is 5.11. The lowest BCUT2D eigenvalue weighted by Gasteiger charge is -2.34. The lowest BCUT2D eigenvalue weighted by Crippen LogP contribution is -2.55. The van der Waals surface area contributed by atoms with Crippen LogP contribution in [0.15, 0.2) is 24.3 Å². The standard InChI is InChI=1S/C17H23N3O4/c1-17(2,3)24-16(23)19-12-9-11-7-5-6-8-13(11)20(15(12)22)10-14(21)18-4/h5-8,12H,9-10H2,1-4H3,(H,18,21)(H,19,23)/t12-/m0/s1. The summed E-state index contributed by atoms with van der Waals surface area (Å²) in [6.07, 6.45) is -0.293. The summed E-state index contributed by atoms with van der Waals surface area (Å²) in [6, 6.07) is 6.57. The van der Waals surface area contributed by atoms with E-state index in [1.165, 1.54) is 11.9 Å². The zero-order valence-electron chi connectivity index (χ0n) is 14.4. The lowest BCUT2D eigenvalue weighted by molar-refractivity contribution is -0.124. The van der Waals surface area contributed by atoms with Crippen molar-refractivity contribution in [2.75, 3.05) is 18.5 Å². The number of rotatable bonds is 3. The summed E-state index contributed by atoms with van der Waals surface area (Å²) in [6.45, 7) is 5.16. The smallest absolute Gasteiger partial charge is 0.408 e. The van der Waals surface area contributed by atoms with Gasteiger partial charge in [-0.2, -0.15) is 0 Å². The molecule has 1 aromatic rings. The van der Waals surface area contributed by atoms with E-state index in [0.29, 0.717) is 12.1 Å². The molecule has 0 spiro atoms. The molecule has 2 rings (SSSR count). The summed E-state index contributed by atoms with van der Waals surface area (Å²) in [4.78, 5) is 37.8. The molecule has 0 fully saturated rings. The SMILES string of the molecule is CNC(=O)CN1C(=O)[C@@H](NC(=O)OC(C)(C)C)Cc2ccccc21. The highest BCUT2D eigenvalue weighted by Gasteiger charge is 2.35. The molecule has 3 amide bonds. The van der Waals surface area contributed by atoms with Gasteiger partial charge in [0.1, 0.15) is 18.2 Å². The van der Waals surface area contributed by atoms with Crippen molar-refractivity contribution < 1.29 is 19.1 Å². The van der Waals surface area contributed by atoms with E-state index in [-0.39, 0.29) is 18.4 Å². The first-order valence-corrected chi connectivity index (χ1v) is 7.80. The summed E-state index contributed by atoms with van der Waals surface area (Å²) in [5.41, 5.74) is 0.928. The zero-order chi connectivity index (χ0) is 17.9. The van der Waals surface area contributed by atoms with Crippen molar-refractivity contribution in [3.8, 4) is 0 Å². The van der Waals surface area contributed by atoms with Gasteiger partial charge in [-0.1, -0.05) is 18.2 Å². The second kappa shape index (κ2) is 6.90. The van der Waals surface area contributed by atoms with Crippen LogP contribution in [0.3, 0.4) is 0 Å². The maximum absolute atomic E-state index is 12.7. The predicted molar refractivity (Wildman–Crippen MR) is 89.7 cm³/mol. The van der Waals surface area contributed by atoms with Gasteiger partial charge in [0, 0.05) is 19.2 Å². The third kappa shape index (κ3) is 4.24. The lowest BCUT2D eigenvalue weighted by atomic mass is 9.97. The van der Waals surface area contributed by atoms with Crippen LogP contribution in [0.25, 0.3) is 0 Å². The van der Waals surface area contributed by atoms with E-state index in [1.54, 1.807) is 26.8 Å². The first-order valence-electron chi connectivity index (χ1n) is 7.80. The Hall–Kier alpha value is -2.57. The van der Waals surface area contributed by atoms with Crippen molar-refractivity contribution in [3.05, 3.63) is 29.8 Å². The first-order chi connectivity index (χ1) is 11.2. The van der Waals surface area contributed by atoms with E-state index in [9.17, 15) is 14.4 Å². The molecule has 24 heavy (non-hydrogen) atoms. The van der Waals surface area contributed by atoms with Gasteiger partial charge >= 0.3 is 6.09 Å². The maximum Gasteiger partial charge on any atom is 0.408 e. The van der Waals surface area contributed by atoms with Gasteiger partial charge in [-0.05, 0) is 32.4 Å². The Bertz CT molecular complexity index is 651. The van der Waals surface area contributed by atoms with Gasteiger partial charge in [-0.25, -0.2) is 4.79 Å². The van der Waals surface area contributed by atoms with Crippen molar-refractivity contribution in [1.29, 1.82) is 0 Å². The van der Waals surface area contributed by atoms with E-state index in [2.05, 4.69) is 10.6 Å². The number of para-hydroxylation sites is 1. The van der Waals surface area contributed by atoms with Crippen LogP contribution in [-0.4, -0.2) is 43.1 Å². The largest absolute Gasteiger partial charge is 0.444 e. The van der Waals surface area contributed by atoms with Gasteiger partial charge in [-0.3, -0.25) is 9.59 Å². The molecule has 1 heterocycles. The Morgan fingerprint density at radius 1 is 1.29 bits per heavy atom. The van der Waals surface area contributed by atoms with Gasteiger partial charge in [0.25, 0.3) is 5.91 Å². The molecule has 0 aromatic heterocycles. The summed E-state index contributed by atoms with van der Waals surface area (Å²) in [5, 5.41) is 5.11. The minimum Gasteiger partial charge on any atom is -0.444 e. The third-order valence-electron chi connectivity index (χ3n) is 3.54. The van der Waals surface area contributed by atoms with E-state index in [4.69, 9.17) is 4.74 Å². The van der Waals surface area contributed by atoms with E-state index in [1.807, 2.05) is 18.2 Å². The number of alkyl carbamates (subject to hydrolysis) is 1. The molecule has 7 nitrogen and oxygen atoms in total. The van der Waals surface area contributed by atoms with Crippen LogP contribution in [0.2, 0.25) is 0 Å². The fourth-order valence-corrected chi connectivity index (χ4v) is 2.51. The molecule has 0 saturated carbocycles. The van der Waals surface area contributed by atoms with Crippen LogP contribution >= 0.6 is 0 Å². The van der Waals surface area contributed by atoms with Gasteiger partial charge in [0.05, 0.1) is 0 Å². The molecule has 0 unspecified atom stereocenters. The number of carbonyl (C=O) groups excluding carboxylic acids is 3. The third-order valence-corrected chi connectivity index (χ3v) is 3.54. The quantitative estimate of drug-likeness (QED) is 0.870. The van der Waals surface area contributed by atoms with E-state index in [0.717, 1.165) is 5.56 Å². The minimum atomic E-state index is -0.764. The molecule has 0 aliphatic carbocycles. The summed E-state index contributed by atoms with van der Waals surface area (Å²) in [5.74, 6) is -0.612. The van der Waals surface area contributed by atoms with Gasteiger partial charge in [-0.15, -0.1) is 0 Å². The minimum absolute atomic E-state index is 0.0984. The number of nitrogens with one attached hydrogen (secondary N) is 2. The summed E-state index contributed by atoms with van der Waals surface area (Å²) < 4.78 is 5.21. The van der Waals surface area contributed by atoms with Crippen LogP contribution in [0.1, 0.15) is 26.3 Å². The Labute approximate surface area is 141 Å². The second-order valence-corrected chi connectivity index (χ2v) is 6.63. The molecule has 7 heteroatoms. The highest BCUT2D eigenvalue weighted by molar-refractivity contribution is 6.05. The number of nitrogens with zero attached hydrogens (tertiary/aromatic N) is 1. The van der Waals surface area contributed by atoms with E-state index < -0.39 is 17.7 Å². The summed E-state index contributed by atoms with van der Waals surface area (Å²) >= 11 is 0. The molecule has 1 aliphatic rings. The summed E-state index contributed by atoms with van der Waals surface area (Å²) in [7, 11) is 1.51. The fraction of sp³-hybridized carbons (Fsp3) is 0.471. The molecule has 0 bridgehead atoms. The van der Waals surface area contributed by atoms with Crippen LogP contribution < -0.4 is 15.5 Å². The highest BCUT2D eigenvalue weighted by atomic mass is 16.6. The molecular formula is C17H23N3O4. The fourth-order valence-electron chi connectivity index (χ4n) is 2.51. The monoisotopic (exact) mass is 333 g/mol. The second-order valence-electron chi connectivity index (χ2n) is 6.63. The van der Waals surface area contributed by atoms with Gasteiger partial charge in [0.15, 0.2) is 0 Å². The van der Waals surface area contributed by atoms with E-state index >= 15 is 0 Å². The molecule has 2 N–H and O–H groups in total. The average molecular weight is 333 g/mol. The average Bonchev–Trinajstić information content (AvgIpc) is 2.49. The molecule has 130 valence electrons. The van der Waals surface area contributed by atoms with Crippen molar-refractivity contribution in [2.24, 2.45) is 0 Å². The van der Waals surface area contributed by atoms with Gasteiger partial charge < -0.3 is 20.3 Å². The molecule has 1 aliphatic heterocycles. The van der Waals surface area contributed by atoms with Crippen molar-refractivity contribution >= 4 is 23.6 Å². The molecule has 0 saturated heterocycles. The number of fused-ring (bicyclic) bond motifs is 1. The van der Waals surface area contributed by atoms with Crippen molar-refractivity contribution in [1.82, 2.24) is 10.6 Å². The molecule has 0 radical (unpaired) electrons. The number of hydrogen-bond donors (Lipinski definition) is 2. The van der Waals surface area contributed by atoms with Crippen LogP contribution in [0, 0.1) is 0 Å². The number of likely N-dealkylation sites (N-methyl/N-ethyl adjacent to an activating group) is 1. The predicted octanol–water partition coefficient (Wildman–Crippen LogP) is 1.21. The highest BCUT2D eigenvalue weighted by Crippen LogP contribution is 2.27. The molecule has 1 aromatic carbocycles. The maximum atomic E-state index is 12.7. The number of benzene rings is 1. The van der Waals surface area contributed by atoms with Crippen molar-refractivity contribution in [2.45, 2.75) is 38.8 Å². The zero-order valence-corrected chi connectivity index (χ0v) is 14.4. The number of ether oxygens (including phenoxy) is 1. The normalized spacial score (nSPS) is 17.1. The number of carbonyl (C=O) groups is 3. The van der Waals surface area contributed by atoms with Crippen molar-refractivity contribution in [3.63, 3.8) is 0 Å². The number of anilines is 1. The number of hydrogen-bond acceptors (Lipinski definition) is 4. The first kappa shape index (κ1) is 17.8. The molecule has 1 atom stereocenters. The Balaban J connectivity index is 2.22. The van der Waals surface area contributed by atoms with Crippen LogP contribution in [-0.2, 0) is 20.7 Å². The van der Waals surface area contributed by atoms with Crippen LogP contribution in [0.5, 0.6) is 0 Å². The molecular weight excluding hydrogens is 310 g/mol. The Morgan fingerprint density at radius 2 is 1.96 bits per heavy atom. The topological polar surface area (TPSA) is 87.7 Å². The Morgan fingerprint density at radius 3 is 2.58 bits per heavy atom.